The van der Waals surface area contributed by atoms with Crippen molar-refractivity contribution in [2.24, 2.45) is 5.73 Å². The Labute approximate surface area is 103 Å². The van der Waals surface area contributed by atoms with E-state index >= 15 is 0 Å². The van der Waals surface area contributed by atoms with Crippen molar-refractivity contribution in [3.8, 4) is 5.75 Å². The Morgan fingerprint density at radius 3 is 2.24 bits per heavy atom. The van der Waals surface area contributed by atoms with Gasteiger partial charge in [-0.1, -0.05) is 12.1 Å². The third-order valence-corrected chi connectivity index (χ3v) is 2.98. The Hall–Kier alpha value is -1.10. The van der Waals surface area contributed by atoms with Crippen molar-refractivity contribution >= 4 is 0 Å². The summed E-state index contributed by atoms with van der Waals surface area (Å²) in [5, 5.41) is 13.0. The smallest absolute Gasteiger partial charge is 0.124 e. The third-order valence-electron chi connectivity index (χ3n) is 2.98. The second-order valence-corrected chi connectivity index (χ2v) is 4.26. The second-order valence-electron chi connectivity index (χ2n) is 4.26. The van der Waals surface area contributed by atoms with Gasteiger partial charge >= 0.3 is 0 Å². The number of hydrogen-bond acceptors (Lipinski definition) is 4. The minimum Gasteiger partial charge on any atom is -0.496 e. The molecule has 0 amide bonds. The maximum absolute atomic E-state index is 9.86. The van der Waals surface area contributed by atoms with Crippen molar-refractivity contribution in [2.45, 2.75) is 26.0 Å². The lowest BCUT2D eigenvalue weighted by Crippen LogP contribution is -2.35. The molecule has 0 aliphatic rings. The number of nitrogens with two attached hydrogens (primary N) is 1. The number of nitrogens with one attached hydrogen (secondary N) is 1. The Morgan fingerprint density at radius 1 is 1.35 bits per heavy atom. The van der Waals surface area contributed by atoms with Crippen LogP contribution < -0.4 is 15.8 Å². The molecule has 0 aliphatic carbocycles. The molecule has 1 rings (SSSR count). The van der Waals surface area contributed by atoms with Crippen molar-refractivity contribution in [1.29, 1.82) is 0 Å². The number of aliphatic hydroxyl groups is 1. The largest absolute Gasteiger partial charge is 0.496 e. The topological polar surface area (TPSA) is 67.5 Å². The molecule has 96 valence electrons. The summed E-state index contributed by atoms with van der Waals surface area (Å²) < 4.78 is 5.32. The summed E-state index contributed by atoms with van der Waals surface area (Å²) in [5.41, 5.74) is 8.66. The van der Waals surface area contributed by atoms with Crippen molar-refractivity contribution in [1.82, 2.24) is 5.32 Å². The first-order chi connectivity index (χ1) is 8.04. The molecular weight excluding hydrogens is 216 g/mol. The van der Waals surface area contributed by atoms with Gasteiger partial charge in [0.2, 0.25) is 0 Å². The zero-order chi connectivity index (χ0) is 13.0. The highest BCUT2D eigenvalue weighted by Gasteiger charge is 2.19. The van der Waals surface area contributed by atoms with E-state index in [1.165, 1.54) is 0 Å². The van der Waals surface area contributed by atoms with E-state index in [1.807, 2.05) is 33.0 Å². The first-order valence-corrected chi connectivity index (χ1v) is 5.75. The van der Waals surface area contributed by atoms with E-state index in [-0.39, 0.29) is 12.6 Å². The molecule has 2 unspecified atom stereocenters. The Bertz CT molecular complexity index is 357. The average molecular weight is 238 g/mol. The van der Waals surface area contributed by atoms with E-state index < -0.39 is 6.10 Å². The summed E-state index contributed by atoms with van der Waals surface area (Å²) in [6.07, 6.45) is -0.591. The maximum Gasteiger partial charge on any atom is 0.124 e. The second kappa shape index (κ2) is 6.00. The fraction of sp³-hybridized carbons (Fsp3) is 0.538. The lowest BCUT2D eigenvalue weighted by Gasteiger charge is -2.23. The van der Waals surface area contributed by atoms with Gasteiger partial charge in [-0.05, 0) is 37.6 Å². The predicted octanol–water partition coefficient (Wildman–Crippen LogP) is 0.892. The van der Waals surface area contributed by atoms with Crippen LogP contribution in [0.15, 0.2) is 12.1 Å². The zero-order valence-corrected chi connectivity index (χ0v) is 10.9. The van der Waals surface area contributed by atoms with E-state index in [1.54, 1.807) is 7.11 Å². The number of benzene rings is 1. The third kappa shape index (κ3) is 2.97. The molecule has 2 atom stereocenters. The fourth-order valence-electron chi connectivity index (χ4n) is 2.20. The standard InChI is InChI=1S/C13H22N2O2/c1-8-5-10(6-9(2)13(8)17-4)12(15-3)11(16)7-14/h5-6,11-12,15-16H,7,14H2,1-4H3. The van der Waals surface area contributed by atoms with Crippen molar-refractivity contribution in [2.75, 3.05) is 20.7 Å². The molecule has 4 heteroatoms. The number of hydrogen-bond donors (Lipinski definition) is 3. The monoisotopic (exact) mass is 238 g/mol. The summed E-state index contributed by atoms with van der Waals surface area (Å²) in [6, 6.07) is 3.89. The quantitative estimate of drug-likeness (QED) is 0.713. The lowest BCUT2D eigenvalue weighted by atomic mass is 9.96. The van der Waals surface area contributed by atoms with E-state index in [0.29, 0.717) is 0 Å². The molecule has 0 aromatic heterocycles. The number of methoxy groups -OCH3 is 1. The van der Waals surface area contributed by atoms with Crippen LogP contribution in [0.3, 0.4) is 0 Å². The molecule has 0 spiro atoms. The van der Waals surface area contributed by atoms with Crippen molar-refractivity contribution < 1.29 is 9.84 Å². The van der Waals surface area contributed by atoms with Gasteiger partial charge in [0.25, 0.3) is 0 Å². The molecule has 4 nitrogen and oxygen atoms in total. The number of likely N-dealkylation sites (N-methyl/N-ethyl adjacent to an activating group) is 1. The molecule has 4 N–H and O–H groups in total. The summed E-state index contributed by atoms with van der Waals surface area (Å²) in [6.45, 7) is 4.23. The molecule has 1 aromatic carbocycles. The molecule has 1 aromatic rings. The van der Waals surface area contributed by atoms with Crippen LogP contribution in [0.2, 0.25) is 0 Å². The van der Waals surface area contributed by atoms with Gasteiger partial charge in [-0.3, -0.25) is 0 Å². The van der Waals surface area contributed by atoms with Crippen LogP contribution in [-0.4, -0.2) is 31.9 Å². The number of rotatable bonds is 5. The van der Waals surface area contributed by atoms with Gasteiger partial charge in [0.1, 0.15) is 5.75 Å². The van der Waals surface area contributed by atoms with E-state index in [4.69, 9.17) is 10.5 Å². The van der Waals surface area contributed by atoms with Crippen molar-refractivity contribution in [3.63, 3.8) is 0 Å². The molecular formula is C13H22N2O2. The molecule has 0 fully saturated rings. The van der Waals surface area contributed by atoms with Crippen LogP contribution >= 0.6 is 0 Å². The van der Waals surface area contributed by atoms with Gasteiger partial charge < -0.3 is 20.9 Å². The summed E-state index contributed by atoms with van der Waals surface area (Å²) in [5.74, 6) is 0.894. The summed E-state index contributed by atoms with van der Waals surface area (Å²) >= 11 is 0. The van der Waals surface area contributed by atoms with Gasteiger partial charge in [-0.2, -0.15) is 0 Å². The van der Waals surface area contributed by atoms with Crippen LogP contribution in [0.1, 0.15) is 22.7 Å². The molecule has 0 radical (unpaired) electrons. The highest BCUT2D eigenvalue weighted by atomic mass is 16.5. The molecule has 0 saturated heterocycles. The first kappa shape index (κ1) is 14.0. The van der Waals surface area contributed by atoms with Gasteiger partial charge in [-0.15, -0.1) is 0 Å². The molecule has 0 aliphatic heterocycles. The summed E-state index contributed by atoms with van der Waals surface area (Å²) in [7, 11) is 3.48. The van der Waals surface area contributed by atoms with Crippen LogP contribution in [0.25, 0.3) is 0 Å². The summed E-state index contributed by atoms with van der Waals surface area (Å²) in [4.78, 5) is 0. The highest BCUT2D eigenvalue weighted by molar-refractivity contribution is 5.44. The maximum atomic E-state index is 9.86. The molecule has 0 heterocycles. The van der Waals surface area contributed by atoms with Crippen LogP contribution in [0.4, 0.5) is 0 Å². The molecule has 0 bridgehead atoms. The molecule has 0 saturated carbocycles. The van der Waals surface area contributed by atoms with Gasteiger partial charge in [0.05, 0.1) is 19.3 Å². The lowest BCUT2D eigenvalue weighted by molar-refractivity contribution is 0.139. The van der Waals surface area contributed by atoms with Gasteiger partial charge in [0, 0.05) is 6.54 Å². The minimum atomic E-state index is -0.591. The normalized spacial score (nSPS) is 14.5. The van der Waals surface area contributed by atoms with Crippen molar-refractivity contribution in [3.05, 3.63) is 28.8 Å². The van der Waals surface area contributed by atoms with Crippen LogP contribution in [0.5, 0.6) is 5.75 Å². The average Bonchev–Trinajstić information content (AvgIpc) is 2.29. The van der Waals surface area contributed by atoms with Gasteiger partial charge in [0.15, 0.2) is 0 Å². The van der Waals surface area contributed by atoms with Gasteiger partial charge in [-0.25, -0.2) is 0 Å². The zero-order valence-electron chi connectivity index (χ0n) is 10.9. The molecule has 17 heavy (non-hydrogen) atoms. The Morgan fingerprint density at radius 2 is 1.88 bits per heavy atom. The first-order valence-electron chi connectivity index (χ1n) is 5.75. The fourth-order valence-corrected chi connectivity index (χ4v) is 2.20. The number of aliphatic hydroxyl groups excluding tert-OH is 1. The van der Waals surface area contributed by atoms with Crippen LogP contribution in [0, 0.1) is 13.8 Å². The highest BCUT2D eigenvalue weighted by Crippen LogP contribution is 2.28. The minimum absolute atomic E-state index is 0.150. The van der Waals surface area contributed by atoms with E-state index in [0.717, 1.165) is 22.4 Å². The Kier molecular flexibility index (Phi) is 4.93. The number of ether oxygens (including phenoxy) is 1. The van der Waals surface area contributed by atoms with E-state index in [2.05, 4.69) is 5.32 Å². The SMILES string of the molecule is CNC(c1cc(C)c(OC)c(C)c1)C(O)CN. The Balaban J connectivity index is 3.14. The predicted molar refractivity (Wildman–Crippen MR) is 69.3 cm³/mol. The van der Waals surface area contributed by atoms with E-state index in [9.17, 15) is 5.11 Å². The van der Waals surface area contributed by atoms with Crippen LogP contribution in [-0.2, 0) is 0 Å². The number of aryl methyl sites for hydroxylation is 2.